The van der Waals surface area contributed by atoms with Gasteiger partial charge in [0.2, 0.25) is 5.91 Å². The second-order valence-electron chi connectivity index (χ2n) is 9.11. The van der Waals surface area contributed by atoms with Crippen LogP contribution in [0.25, 0.3) is 0 Å². The molecule has 34 heavy (non-hydrogen) atoms. The molecular formula is C27H38N4O3. The Morgan fingerprint density at radius 2 is 1.76 bits per heavy atom. The predicted molar refractivity (Wildman–Crippen MR) is 135 cm³/mol. The van der Waals surface area contributed by atoms with Crippen molar-refractivity contribution in [3.05, 3.63) is 59.9 Å². The number of anilines is 1. The van der Waals surface area contributed by atoms with Gasteiger partial charge in [0.25, 0.3) is 5.91 Å². The molecule has 0 fully saturated rings. The normalized spacial score (nSPS) is 15.6. The number of fused-ring (bicyclic) bond motifs is 1. The SMILES string of the molecule is COCC(=O)N1CCCN(C(C)C)CCN(C(=O)CCCc2ccncc2)Cc2ccccc21. The molecule has 0 N–H and O–H groups in total. The van der Waals surface area contributed by atoms with Gasteiger partial charge in [0.15, 0.2) is 0 Å². The second-order valence-corrected chi connectivity index (χ2v) is 9.11. The molecule has 1 aliphatic heterocycles. The summed E-state index contributed by atoms with van der Waals surface area (Å²) in [6, 6.07) is 12.3. The summed E-state index contributed by atoms with van der Waals surface area (Å²) in [5.41, 5.74) is 3.06. The Morgan fingerprint density at radius 3 is 2.50 bits per heavy atom. The number of carbonyl (C=O) groups is 2. The van der Waals surface area contributed by atoms with Gasteiger partial charge in [-0.05, 0) is 62.4 Å². The monoisotopic (exact) mass is 466 g/mol. The summed E-state index contributed by atoms with van der Waals surface area (Å²) in [5, 5.41) is 0. The molecule has 0 radical (unpaired) electrons. The van der Waals surface area contributed by atoms with E-state index in [0.29, 0.717) is 32.1 Å². The van der Waals surface area contributed by atoms with Crippen molar-refractivity contribution >= 4 is 17.5 Å². The van der Waals surface area contributed by atoms with Crippen LogP contribution in [-0.2, 0) is 27.3 Å². The van der Waals surface area contributed by atoms with Crippen molar-refractivity contribution in [2.24, 2.45) is 0 Å². The minimum absolute atomic E-state index is 0.0415. The molecule has 0 spiro atoms. The molecule has 2 aromatic rings. The molecule has 2 heterocycles. The van der Waals surface area contributed by atoms with E-state index < -0.39 is 0 Å². The average Bonchev–Trinajstić information content (AvgIpc) is 2.87. The summed E-state index contributed by atoms with van der Waals surface area (Å²) in [5.74, 6) is 0.0992. The number of aryl methyl sites for hydroxylation is 1. The summed E-state index contributed by atoms with van der Waals surface area (Å²) in [4.78, 5) is 36.5. The Labute approximate surface area is 203 Å². The lowest BCUT2D eigenvalue weighted by Gasteiger charge is -2.30. The van der Waals surface area contributed by atoms with E-state index in [1.165, 1.54) is 5.56 Å². The first kappa shape index (κ1) is 25.8. The van der Waals surface area contributed by atoms with E-state index in [0.717, 1.165) is 43.6 Å². The van der Waals surface area contributed by atoms with Gasteiger partial charge >= 0.3 is 0 Å². The Hall–Kier alpha value is -2.77. The highest BCUT2D eigenvalue weighted by molar-refractivity contribution is 5.95. The number of para-hydroxylation sites is 1. The number of amides is 2. The molecule has 7 nitrogen and oxygen atoms in total. The summed E-state index contributed by atoms with van der Waals surface area (Å²) >= 11 is 0. The maximum Gasteiger partial charge on any atom is 0.252 e. The fraction of sp³-hybridized carbons (Fsp3) is 0.519. The van der Waals surface area contributed by atoms with Gasteiger partial charge in [0.05, 0.1) is 0 Å². The van der Waals surface area contributed by atoms with Crippen LogP contribution in [0.3, 0.4) is 0 Å². The van der Waals surface area contributed by atoms with E-state index in [9.17, 15) is 9.59 Å². The lowest BCUT2D eigenvalue weighted by atomic mass is 10.1. The smallest absolute Gasteiger partial charge is 0.252 e. The van der Waals surface area contributed by atoms with Gasteiger partial charge in [-0.2, -0.15) is 0 Å². The average molecular weight is 467 g/mol. The molecule has 0 atom stereocenters. The van der Waals surface area contributed by atoms with Gasteiger partial charge in [-0.3, -0.25) is 19.5 Å². The third kappa shape index (κ3) is 7.37. The first-order valence-corrected chi connectivity index (χ1v) is 12.3. The van der Waals surface area contributed by atoms with E-state index in [1.807, 2.05) is 46.2 Å². The summed E-state index contributed by atoms with van der Waals surface area (Å²) in [6.07, 6.45) is 6.60. The lowest BCUT2D eigenvalue weighted by Crippen LogP contribution is -2.41. The van der Waals surface area contributed by atoms with Gasteiger partial charge in [0, 0.05) is 70.4 Å². The molecule has 1 aliphatic rings. The molecule has 0 saturated heterocycles. The number of hydrogen-bond acceptors (Lipinski definition) is 5. The highest BCUT2D eigenvalue weighted by atomic mass is 16.5. The summed E-state index contributed by atoms with van der Waals surface area (Å²) in [7, 11) is 1.54. The molecule has 0 saturated carbocycles. The Kier molecular flexibility index (Phi) is 10.0. The van der Waals surface area contributed by atoms with Crippen molar-refractivity contribution in [2.45, 2.75) is 52.1 Å². The highest BCUT2D eigenvalue weighted by Crippen LogP contribution is 2.24. The number of pyridine rings is 1. The zero-order valence-electron chi connectivity index (χ0n) is 20.8. The van der Waals surface area contributed by atoms with Crippen LogP contribution in [0.4, 0.5) is 5.69 Å². The zero-order chi connectivity index (χ0) is 24.3. The summed E-state index contributed by atoms with van der Waals surface area (Å²) < 4.78 is 5.15. The van der Waals surface area contributed by atoms with Crippen molar-refractivity contribution < 1.29 is 14.3 Å². The number of benzene rings is 1. The quantitative estimate of drug-likeness (QED) is 0.625. The van der Waals surface area contributed by atoms with Crippen molar-refractivity contribution in [3.63, 3.8) is 0 Å². The zero-order valence-corrected chi connectivity index (χ0v) is 20.8. The topological polar surface area (TPSA) is 66.0 Å². The van der Waals surface area contributed by atoms with E-state index in [4.69, 9.17) is 4.74 Å². The third-order valence-electron chi connectivity index (χ3n) is 6.39. The van der Waals surface area contributed by atoms with Gasteiger partial charge < -0.3 is 14.5 Å². The molecule has 3 rings (SSSR count). The van der Waals surface area contributed by atoms with Gasteiger partial charge in [-0.25, -0.2) is 0 Å². The number of hydrogen-bond donors (Lipinski definition) is 0. The minimum Gasteiger partial charge on any atom is -0.375 e. The number of carbonyl (C=O) groups excluding carboxylic acids is 2. The van der Waals surface area contributed by atoms with E-state index in [-0.39, 0.29) is 18.4 Å². The first-order valence-electron chi connectivity index (χ1n) is 12.3. The number of ether oxygens (including phenoxy) is 1. The Bertz CT molecular complexity index is 919. The number of methoxy groups -OCH3 is 1. The maximum absolute atomic E-state index is 13.3. The van der Waals surface area contributed by atoms with Crippen LogP contribution in [-0.4, -0.2) is 72.5 Å². The molecule has 184 valence electrons. The van der Waals surface area contributed by atoms with Crippen molar-refractivity contribution in [1.82, 2.24) is 14.8 Å². The standard InChI is InChI=1S/C27H38N4O3/c1-22(2)29-16-7-17-31(27(33)21-34-3)25-10-5-4-9-24(25)20-30(19-18-29)26(32)11-6-8-23-12-14-28-15-13-23/h4-5,9-10,12-15,22H,6-8,11,16-21H2,1-3H3. The molecule has 0 aliphatic carbocycles. The predicted octanol–water partition coefficient (Wildman–Crippen LogP) is 3.53. The highest BCUT2D eigenvalue weighted by Gasteiger charge is 2.24. The maximum atomic E-state index is 13.3. The van der Waals surface area contributed by atoms with Crippen LogP contribution < -0.4 is 4.90 Å². The van der Waals surface area contributed by atoms with Crippen LogP contribution in [0.5, 0.6) is 0 Å². The van der Waals surface area contributed by atoms with Crippen LogP contribution in [0.1, 0.15) is 44.2 Å². The number of aromatic nitrogens is 1. The molecule has 2 amide bonds. The molecular weight excluding hydrogens is 428 g/mol. The van der Waals surface area contributed by atoms with E-state index >= 15 is 0 Å². The van der Waals surface area contributed by atoms with Crippen molar-refractivity contribution in [2.75, 3.05) is 44.8 Å². The lowest BCUT2D eigenvalue weighted by molar-refractivity contribution is -0.132. The largest absolute Gasteiger partial charge is 0.375 e. The van der Waals surface area contributed by atoms with Crippen LogP contribution >= 0.6 is 0 Å². The molecule has 7 heteroatoms. The van der Waals surface area contributed by atoms with E-state index in [1.54, 1.807) is 19.5 Å². The van der Waals surface area contributed by atoms with Crippen molar-refractivity contribution in [1.29, 1.82) is 0 Å². The molecule has 1 aromatic heterocycles. The first-order chi connectivity index (χ1) is 16.5. The van der Waals surface area contributed by atoms with Gasteiger partial charge in [-0.15, -0.1) is 0 Å². The number of nitrogens with zero attached hydrogens (tertiary/aromatic N) is 4. The third-order valence-corrected chi connectivity index (χ3v) is 6.39. The molecule has 0 unspecified atom stereocenters. The fourth-order valence-corrected chi connectivity index (χ4v) is 4.45. The fourth-order valence-electron chi connectivity index (χ4n) is 4.45. The van der Waals surface area contributed by atoms with Crippen LogP contribution in [0, 0.1) is 0 Å². The minimum atomic E-state index is -0.0551. The van der Waals surface area contributed by atoms with Gasteiger partial charge in [-0.1, -0.05) is 18.2 Å². The Balaban J connectivity index is 1.81. The molecule has 1 aromatic carbocycles. The van der Waals surface area contributed by atoms with Crippen LogP contribution in [0.15, 0.2) is 48.8 Å². The Morgan fingerprint density at radius 1 is 1.00 bits per heavy atom. The summed E-state index contributed by atoms with van der Waals surface area (Å²) in [6.45, 7) is 7.90. The van der Waals surface area contributed by atoms with E-state index in [2.05, 4.69) is 23.7 Å². The van der Waals surface area contributed by atoms with Crippen molar-refractivity contribution in [3.8, 4) is 0 Å². The molecule has 0 bridgehead atoms. The van der Waals surface area contributed by atoms with Crippen LogP contribution in [0.2, 0.25) is 0 Å². The number of rotatable bonds is 7. The van der Waals surface area contributed by atoms with Gasteiger partial charge in [0.1, 0.15) is 6.61 Å². The second kappa shape index (κ2) is 13.2.